The zero-order valence-corrected chi connectivity index (χ0v) is 14.2. The summed E-state index contributed by atoms with van der Waals surface area (Å²) < 4.78 is 1.50. The first-order valence-corrected chi connectivity index (χ1v) is 7.75. The number of rotatable bonds is 8. The highest BCUT2D eigenvalue weighted by Crippen LogP contribution is 2.10. The zero-order chi connectivity index (χ0) is 18.6. The summed E-state index contributed by atoms with van der Waals surface area (Å²) in [6, 6.07) is 1.20. The molecule has 2 aromatic rings. The van der Waals surface area contributed by atoms with Crippen molar-refractivity contribution < 1.29 is 14.7 Å². The Morgan fingerprint density at radius 2 is 2.24 bits per heavy atom. The maximum absolute atomic E-state index is 12.6. The number of anilines is 1. The molecule has 1 amide bonds. The molecule has 2 heterocycles. The van der Waals surface area contributed by atoms with Crippen molar-refractivity contribution in [1.82, 2.24) is 24.8 Å². The van der Waals surface area contributed by atoms with Gasteiger partial charge in [0.2, 0.25) is 11.9 Å². The molecule has 0 unspecified atom stereocenters. The van der Waals surface area contributed by atoms with Gasteiger partial charge in [-0.25, -0.2) is 0 Å². The third-order valence-electron chi connectivity index (χ3n) is 3.79. The van der Waals surface area contributed by atoms with E-state index in [4.69, 9.17) is 5.73 Å². The van der Waals surface area contributed by atoms with Crippen molar-refractivity contribution >= 4 is 28.7 Å². The number of hydrogen-bond donors (Lipinski definition) is 4. The number of fused-ring (bicyclic) bond motifs is 1. The number of H-pyrrole nitrogens is 1. The number of nitrogens with zero attached hydrogens (tertiary/aromatic N) is 3. The summed E-state index contributed by atoms with van der Waals surface area (Å²) in [5, 5.41) is 12.5. The normalized spacial score (nSPS) is 12.3. The Morgan fingerprint density at radius 3 is 2.84 bits per heavy atom. The number of carbonyl (C=O) groups excluding carboxylic acids is 2. The summed E-state index contributed by atoms with van der Waals surface area (Å²) >= 11 is 0. The number of likely N-dealkylation sites (N-methyl/N-ethyl adjacent to an activating group) is 1. The van der Waals surface area contributed by atoms with Crippen LogP contribution in [0.15, 0.2) is 17.1 Å². The summed E-state index contributed by atoms with van der Waals surface area (Å²) in [5.74, 6) is -0.541. The van der Waals surface area contributed by atoms with Crippen LogP contribution in [0.2, 0.25) is 0 Å². The standard InChI is InChI=1S/C15H22N6O4/c1-9(23)5-21(6-10(8-22)17-2)12(24)7-20-4-3-11-13(20)18-15(16)19-14(11)25/h3-4,10,17,22H,5-8H2,1-2H3,(H3,16,18,19,25)/t10-/m1/s1. The fourth-order valence-electron chi connectivity index (χ4n) is 2.49. The van der Waals surface area contributed by atoms with E-state index in [1.165, 1.54) is 16.4 Å². The summed E-state index contributed by atoms with van der Waals surface area (Å²) in [7, 11) is 1.66. The van der Waals surface area contributed by atoms with Crippen LogP contribution in [-0.4, -0.2) is 69.0 Å². The minimum Gasteiger partial charge on any atom is -0.395 e. The smallest absolute Gasteiger partial charge is 0.261 e. The highest BCUT2D eigenvalue weighted by molar-refractivity contribution is 5.85. The average molecular weight is 350 g/mol. The lowest BCUT2D eigenvalue weighted by Crippen LogP contribution is -2.47. The van der Waals surface area contributed by atoms with Gasteiger partial charge >= 0.3 is 0 Å². The van der Waals surface area contributed by atoms with Gasteiger partial charge in [-0.1, -0.05) is 0 Å². The topological polar surface area (TPSA) is 146 Å². The number of nitrogens with two attached hydrogens (primary N) is 1. The summed E-state index contributed by atoms with van der Waals surface area (Å²) in [6.45, 7) is 1.24. The Morgan fingerprint density at radius 1 is 1.52 bits per heavy atom. The van der Waals surface area contributed by atoms with Gasteiger partial charge in [0.05, 0.1) is 18.5 Å². The lowest BCUT2D eigenvalue weighted by molar-refractivity contribution is -0.135. The molecule has 0 aromatic carbocycles. The lowest BCUT2D eigenvalue weighted by Gasteiger charge is -2.26. The quantitative estimate of drug-likeness (QED) is 0.444. The maximum atomic E-state index is 12.6. The molecule has 2 rings (SSSR count). The molecule has 0 bridgehead atoms. The van der Waals surface area contributed by atoms with Crippen molar-refractivity contribution in [2.45, 2.75) is 19.5 Å². The average Bonchev–Trinajstić information content (AvgIpc) is 2.94. The summed E-state index contributed by atoms with van der Waals surface area (Å²) in [5.41, 5.74) is 5.47. The van der Waals surface area contributed by atoms with Crippen molar-refractivity contribution in [1.29, 1.82) is 0 Å². The SMILES string of the molecule is CN[C@@H](CO)CN(CC(C)=O)C(=O)Cn1ccc2c(=O)[nH]c(N)nc21. The number of amides is 1. The number of carbonyl (C=O) groups is 2. The monoisotopic (exact) mass is 350 g/mol. The first kappa shape index (κ1) is 18.6. The molecular formula is C15H22N6O4. The Hall–Kier alpha value is -2.72. The van der Waals surface area contributed by atoms with Gasteiger partial charge in [-0.2, -0.15) is 4.98 Å². The van der Waals surface area contributed by atoms with E-state index in [0.29, 0.717) is 11.0 Å². The van der Waals surface area contributed by atoms with Crippen molar-refractivity contribution in [2.24, 2.45) is 0 Å². The van der Waals surface area contributed by atoms with Gasteiger partial charge in [0.25, 0.3) is 5.56 Å². The molecule has 0 saturated carbocycles. The first-order valence-electron chi connectivity index (χ1n) is 7.75. The molecule has 0 spiro atoms. The lowest BCUT2D eigenvalue weighted by atomic mass is 10.2. The molecule has 0 radical (unpaired) electrons. The number of nitrogens with one attached hydrogen (secondary N) is 2. The number of aromatic nitrogens is 3. The highest BCUT2D eigenvalue weighted by Gasteiger charge is 2.20. The molecule has 136 valence electrons. The number of ketones is 1. The van der Waals surface area contributed by atoms with Crippen molar-refractivity contribution in [2.75, 3.05) is 32.5 Å². The van der Waals surface area contributed by atoms with Crippen LogP contribution >= 0.6 is 0 Å². The molecule has 0 fully saturated rings. The Bertz CT molecular complexity index is 823. The van der Waals surface area contributed by atoms with E-state index in [2.05, 4.69) is 15.3 Å². The van der Waals surface area contributed by atoms with Crippen LogP contribution < -0.4 is 16.6 Å². The molecule has 25 heavy (non-hydrogen) atoms. The van der Waals surface area contributed by atoms with E-state index in [-0.39, 0.29) is 55.5 Å². The van der Waals surface area contributed by atoms with Crippen molar-refractivity contribution in [3.05, 3.63) is 22.6 Å². The Kier molecular flexibility index (Phi) is 5.88. The molecule has 5 N–H and O–H groups in total. The van der Waals surface area contributed by atoms with Gasteiger partial charge in [0.1, 0.15) is 18.0 Å². The van der Waals surface area contributed by atoms with Gasteiger partial charge in [0, 0.05) is 18.8 Å². The largest absolute Gasteiger partial charge is 0.395 e. The third kappa shape index (κ3) is 4.43. The first-order chi connectivity index (χ1) is 11.8. The van der Waals surface area contributed by atoms with Crippen LogP contribution in [0.3, 0.4) is 0 Å². The van der Waals surface area contributed by atoms with Gasteiger partial charge in [0.15, 0.2) is 0 Å². The Labute approximate surface area is 143 Å². The number of hydrogen-bond acceptors (Lipinski definition) is 7. The predicted octanol–water partition coefficient (Wildman–Crippen LogP) is -1.70. The second-order valence-electron chi connectivity index (χ2n) is 5.78. The molecule has 0 aliphatic rings. The summed E-state index contributed by atoms with van der Waals surface area (Å²) in [4.78, 5) is 43.7. The van der Waals surface area contributed by atoms with Gasteiger partial charge in [-0.15, -0.1) is 0 Å². The number of Topliss-reactive ketones (excluding diaryl/α,β-unsaturated/α-hetero) is 1. The second-order valence-corrected chi connectivity index (χ2v) is 5.78. The fourth-order valence-corrected chi connectivity index (χ4v) is 2.49. The minimum atomic E-state index is -0.384. The van der Waals surface area contributed by atoms with Crippen LogP contribution in [-0.2, 0) is 16.1 Å². The minimum absolute atomic E-state index is 0.0407. The van der Waals surface area contributed by atoms with Crippen molar-refractivity contribution in [3.63, 3.8) is 0 Å². The van der Waals surface area contributed by atoms with E-state index in [0.717, 1.165) is 0 Å². The number of nitrogen functional groups attached to an aromatic ring is 1. The van der Waals surface area contributed by atoms with E-state index >= 15 is 0 Å². The van der Waals surface area contributed by atoms with Gasteiger partial charge in [-0.3, -0.25) is 19.4 Å². The summed E-state index contributed by atoms with van der Waals surface area (Å²) in [6.07, 6.45) is 1.57. The van der Waals surface area contributed by atoms with E-state index in [1.807, 2.05) is 0 Å². The molecule has 2 aromatic heterocycles. The number of aliphatic hydroxyl groups excluding tert-OH is 1. The van der Waals surface area contributed by atoms with Crippen LogP contribution in [0, 0.1) is 0 Å². The number of aromatic amines is 1. The highest BCUT2D eigenvalue weighted by atomic mass is 16.3. The van der Waals surface area contributed by atoms with Crippen molar-refractivity contribution in [3.8, 4) is 0 Å². The predicted molar refractivity (Wildman–Crippen MR) is 92.0 cm³/mol. The van der Waals surface area contributed by atoms with Crippen LogP contribution in [0.1, 0.15) is 6.92 Å². The molecule has 0 aliphatic carbocycles. The maximum Gasteiger partial charge on any atom is 0.261 e. The molecule has 1 atom stereocenters. The number of aliphatic hydroxyl groups is 1. The zero-order valence-electron chi connectivity index (χ0n) is 14.2. The second kappa shape index (κ2) is 7.90. The molecular weight excluding hydrogens is 328 g/mol. The molecule has 10 nitrogen and oxygen atoms in total. The van der Waals surface area contributed by atoms with E-state index < -0.39 is 0 Å². The Balaban J connectivity index is 2.25. The fraction of sp³-hybridized carbons (Fsp3) is 0.467. The third-order valence-corrected chi connectivity index (χ3v) is 3.79. The molecule has 0 aliphatic heterocycles. The molecule has 10 heteroatoms. The van der Waals surface area contributed by atoms with Gasteiger partial charge in [-0.05, 0) is 20.0 Å². The van der Waals surface area contributed by atoms with Gasteiger partial charge < -0.3 is 25.6 Å². The van der Waals surface area contributed by atoms with E-state index in [9.17, 15) is 19.5 Å². The van der Waals surface area contributed by atoms with Crippen LogP contribution in [0.4, 0.5) is 5.95 Å². The van der Waals surface area contributed by atoms with Crippen LogP contribution in [0.5, 0.6) is 0 Å². The van der Waals surface area contributed by atoms with E-state index in [1.54, 1.807) is 19.3 Å². The molecule has 0 saturated heterocycles. The van der Waals surface area contributed by atoms with Crippen LogP contribution in [0.25, 0.3) is 11.0 Å².